The largest absolute Gasteiger partial charge is 0.436 e. The number of oxazole rings is 1. The predicted octanol–water partition coefficient (Wildman–Crippen LogP) is 6.04. The number of carbonyl (C=O) groups excluding carboxylic acids is 1. The second-order valence-electron chi connectivity index (χ2n) is 10.9. The summed E-state index contributed by atoms with van der Waals surface area (Å²) in [5.74, 6) is 2.95. The predicted molar refractivity (Wildman–Crippen MR) is 158 cm³/mol. The fourth-order valence-electron chi connectivity index (χ4n) is 5.97. The minimum atomic E-state index is -0.343. The Labute approximate surface area is 237 Å². The van der Waals surface area contributed by atoms with E-state index in [4.69, 9.17) is 9.40 Å². The molecule has 4 heterocycles. The minimum absolute atomic E-state index is 0.0980. The van der Waals surface area contributed by atoms with Crippen LogP contribution >= 0.6 is 0 Å². The van der Waals surface area contributed by atoms with Crippen molar-refractivity contribution in [2.24, 2.45) is 0 Å². The lowest BCUT2D eigenvalue weighted by molar-refractivity contribution is -0.137. The molecule has 0 bridgehead atoms. The topological polar surface area (TPSA) is 107 Å². The Morgan fingerprint density at radius 1 is 1.02 bits per heavy atom. The van der Waals surface area contributed by atoms with Crippen molar-refractivity contribution >= 4 is 28.0 Å². The van der Waals surface area contributed by atoms with Gasteiger partial charge in [-0.2, -0.15) is 0 Å². The molecule has 206 valence electrons. The molecule has 1 amide bonds. The van der Waals surface area contributed by atoms with Crippen molar-refractivity contribution in [1.82, 2.24) is 34.7 Å². The molecule has 41 heavy (non-hydrogen) atoms. The van der Waals surface area contributed by atoms with Crippen LogP contribution in [-0.4, -0.2) is 61.3 Å². The van der Waals surface area contributed by atoms with Gasteiger partial charge in [0.2, 0.25) is 11.8 Å². The Morgan fingerprint density at radius 2 is 1.88 bits per heavy atom. The maximum absolute atomic E-state index is 13.8. The van der Waals surface area contributed by atoms with Crippen LogP contribution in [0.4, 0.5) is 0 Å². The number of H-pyrrole nitrogens is 2. The molecule has 7 rings (SSSR count). The van der Waals surface area contributed by atoms with E-state index in [2.05, 4.69) is 19.9 Å². The standard InChI is InChI=1S/C32H31N7O2/c1-19-34-24-12-7-11-22(28(24)35-19)31-33-18-27(41-31)21-14-15-23-25(17-21)37-30(36-23)26-13-8-16-39(26)32(40)29(38(2)3)20-9-5-4-6-10-20/h4-7,9-12,14-15,17-18,26,29H,8,13,16H2,1-3H3,(H,34,35)(H,36,37). The first-order chi connectivity index (χ1) is 20.0. The highest BCUT2D eigenvalue weighted by Gasteiger charge is 2.37. The quantitative estimate of drug-likeness (QED) is 0.264. The number of nitrogens with one attached hydrogen (secondary N) is 2. The number of fused-ring (bicyclic) bond motifs is 2. The van der Waals surface area contributed by atoms with E-state index in [9.17, 15) is 4.79 Å². The lowest BCUT2D eigenvalue weighted by Gasteiger charge is -2.31. The number of para-hydroxylation sites is 1. The van der Waals surface area contributed by atoms with Crippen molar-refractivity contribution in [2.45, 2.75) is 31.8 Å². The van der Waals surface area contributed by atoms with Crippen molar-refractivity contribution in [2.75, 3.05) is 20.6 Å². The summed E-state index contributed by atoms with van der Waals surface area (Å²) in [6.07, 6.45) is 3.56. The lowest BCUT2D eigenvalue weighted by atomic mass is 10.0. The van der Waals surface area contributed by atoms with E-state index in [-0.39, 0.29) is 18.0 Å². The Bertz CT molecular complexity index is 1870. The third kappa shape index (κ3) is 4.48. The van der Waals surface area contributed by atoms with Crippen LogP contribution in [0.1, 0.15) is 42.1 Å². The van der Waals surface area contributed by atoms with Gasteiger partial charge in [-0.1, -0.05) is 36.4 Å². The van der Waals surface area contributed by atoms with E-state index in [1.54, 1.807) is 6.20 Å². The molecule has 1 saturated heterocycles. The first-order valence-electron chi connectivity index (χ1n) is 13.9. The number of carbonyl (C=O) groups is 1. The average Bonchev–Trinajstić information content (AvgIpc) is 3.77. The zero-order valence-corrected chi connectivity index (χ0v) is 23.3. The van der Waals surface area contributed by atoms with Gasteiger partial charge in [0.1, 0.15) is 23.2 Å². The summed E-state index contributed by atoms with van der Waals surface area (Å²) in [4.78, 5) is 38.7. The molecular weight excluding hydrogens is 514 g/mol. The summed E-state index contributed by atoms with van der Waals surface area (Å²) >= 11 is 0. The summed E-state index contributed by atoms with van der Waals surface area (Å²) in [5.41, 5.74) is 6.28. The maximum Gasteiger partial charge on any atom is 0.245 e. The summed E-state index contributed by atoms with van der Waals surface area (Å²) in [6.45, 7) is 2.65. The molecule has 0 aliphatic carbocycles. The highest BCUT2D eigenvalue weighted by atomic mass is 16.4. The van der Waals surface area contributed by atoms with Crippen molar-refractivity contribution < 1.29 is 9.21 Å². The molecule has 3 aromatic heterocycles. The molecule has 2 unspecified atom stereocenters. The first-order valence-corrected chi connectivity index (χ1v) is 13.9. The van der Waals surface area contributed by atoms with Gasteiger partial charge in [-0.05, 0) is 69.8 Å². The second-order valence-corrected chi connectivity index (χ2v) is 10.9. The summed E-state index contributed by atoms with van der Waals surface area (Å²) in [7, 11) is 3.91. The van der Waals surface area contributed by atoms with Gasteiger partial charge in [-0.25, -0.2) is 15.0 Å². The second kappa shape index (κ2) is 10.0. The third-order valence-electron chi connectivity index (χ3n) is 7.87. The fourth-order valence-corrected chi connectivity index (χ4v) is 5.97. The number of aryl methyl sites for hydroxylation is 1. The molecule has 2 atom stereocenters. The Balaban J connectivity index is 1.17. The van der Waals surface area contributed by atoms with E-state index >= 15 is 0 Å². The zero-order valence-electron chi connectivity index (χ0n) is 23.3. The van der Waals surface area contributed by atoms with Crippen LogP contribution in [0.25, 0.3) is 44.8 Å². The Morgan fingerprint density at radius 3 is 2.71 bits per heavy atom. The van der Waals surface area contributed by atoms with Crippen LogP contribution in [0.2, 0.25) is 0 Å². The van der Waals surface area contributed by atoms with Crippen molar-refractivity contribution in [3.05, 3.63) is 90.1 Å². The highest BCUT2D eigenvalue weighted by Crippen LogP contribution is 2.36. The number of hydrogen-bond acceptors (Lipinski definition) is 6. The number of amides is 1. The van der Waals surface area contributed by atoms with E-state index < -0.39 is 0 Å². The molecule has 6 aromatic rings. The third-order valence-corrected chi connectivity index (χ3v) is 7.87. The van der Waals surface area contributed by atoms with Crippen molar-refractivity contribution in [3.63, 3.8) is 0 Å². The molecule has 9 nitrogen and oxygen atoms in total. The SMILES string of the molecule is Cc1nc2c(-c3ncc(-c4ccc5nc(C6CCCN6C(=O)C(c6ccccc6)N(C)C)[nH]c5c4)o3)cccc2[nH]1. The van der Waals surface area contributed by atoms with Gasteiger partial charge in [0, 0.05) is 12.1 Å². The molecule has 3 aromatic carbocycles. The molecular formula is C32H31N7O2. The van der Waals surface area contributed by atoms with Crippen molar-refractivity contribution in [3.8, 4) is 22.8 Å². The van der Waals surface area contributed by atoms with Crippen LogP contribution in [0.5, 0.6) is 0 Å². The van der Waals surface area contributed by atoms with Gasteiger partial charge in [-0.3, -0.25) is 9.69 Å². The van der Waals surface area contributed by atoms with Gasteiger partial charge < -0.3 is 19.3 Å². The van der Waals surface area contributed by atoms with Gasteiger partial charge in [-0.15, -0.1) is 0 Å². The Kier molecular flexibility index (Phi) is 6.16. The van der Waals surface area contributed by atoms with Crippen LogP contribution < -0.4 is 0 Å². The first kappa shape index (κ1) is 25.2. The smallest absolute Gasteiger partial charge is 0.245 e. The van der Waals surface area contributed by atoms with Crippen LogP contribution in [0.15, 0.2) is 77.3 Å². The summed E-state index contributed by atoms with van der Waals surface area (Å²) in [5, 5.41) is 0. The van der Waals surface area contributed by atoms with E-state index in [0.29, 0.717) is 18.2 Å². The summed E-state index contributed by atoms with van der Waals surface area (Å²) < 4.78 is 6.21. The fraction of sp³-hybridized carbons (Fsp3) is 0.250. The lowest BCUT2D eigenvalue weighted by Crippen LogP contribution is -2.40. The van der Waals surface area contributed by atoms with E-state index in [0.717, 1.165) is 63.2 Å². The van der Waals surface area contributed by atoms with Gasteiger partial charge in [0.15, 0.2) is 5.76 Å². The minimum Gasteiger partial charge on any atom is -0.436 e. The van der Waals surface area contributed by atoms with E-state index in [1.807, 2.05) is 97.5 Å². The Hall–Kier alpha value is -4.76. The number of likely N-dealkylation sites (N-methyl/N-ethyl adjacent to an activating group) is 1. The molecule has 0 radical (unpaired) electrons. The van der Waals surface area contributed by atoms with Gasteiger partial charge >= 0.3 is 0 Å². The highest BCUT2D eigenvalue weighted by molar-refractivity contribution is 5.90. The molecule has 0 saturated carbocycles. The monoisotopic (exact) mass is 545 g/mol. The van der Waals surface area contributed by atoms with Crippen molar-refractivity contribution in [1.29, 1.82) is 0 Å². The summed E-state index contributed by atoms with van der Waals surface area (Å²) in [6, 6.07) is 21.5. The van der Waals surface area contributed by atoms with Crippen LogP contribution in [0, 0.1) is 6.92 Å². The molecule has 2 N–H and O–H groups in total. The number of rotatable bonds is 6. The number of aromatic amines is 2. The van der Waals surface area contributed by atoms with Gasteiger partial charge in [0.05, 0.1) is 34.4 Å². The molecule has 1 aliphatic rings. The number of hydrogen-bond donors (Lipinski definition) is 2. The number of likely N-dealkylation sites (tertiary alicyclic amines) is 1. The average molecular weight is 546 g/mol. The molecule has 0 spiro atoms. The zero-order chi connectivity index (χ0) is 28.1. The number of imidazole rings is 2. The molecule has 1 fully saturated rings. The molecule has 1 aliphatic heterocycles. The number of benzene rings is 3. The number of aromatic nitrogens is 5. The maximum atomic E-state index is 13.8. The number of nitrogens with zero attached hydrogens (tertiary/aromatic N) is 5. The van der Waals surface area contributed by atoms with Crippen LogP contribution in [0.3, 0.4) is 0 Å². The van der Waals surface area contributed by atoms with Gasteiger partial charge in [0.25, 0.3) is 0 Å². The normalized spacial score (nSPS) is 16.3. The van der Waals surface area contributed by atoms with E-state index in [1.165, 1.54) is 0 Å². The van der Waals surface area contributed by atoms with Crippen LogP contribution in [-0.2, 0) is 4.79 Å². The molecule has 9 heteroatoms.